The van der Waals surface area contributed by atoms with E-state index in [1.165, 1.54) is 6.42 Å². The van der Waals surface area contributed by atoms with Gasteiger partial charge in [-0.1, -0.05) is 13.8 Å². The zero-order valence-electron chi connectivity index (χ0n) is 8.28. The van der Waals surface area contributed by atoms with Crippen molar-refractivity contribution in [2.45, 2.75) is 20.3 Å². The molecule has 0 fully saturated rings. The minimum absolute atomic E-state index is 0.795. The van der Waals surface area contributed by atoms with Gasteiger partial charge in [-0.2, -0.15) is 0 Å². The van der Waals surface area contributed by atoms with Gasteiger partial charge in [-0.05, 0) is 45.4 Å². The highest BCUT2D eigenvalue weighted by Crippen LogP contribution is 2.09. The molecule has 0 aliphatic heterocycles. The lowest BCUT2D eigenvalue weighted by Crippen LogP contribution is -2.22. The third-order valence-electron chi connectivity index (χ3n) is 1.91. The normalized spacial score (nSPS) is 16.4. The van der Waals surface area contributed by atoms with Crippen LogP contribution < -0.4 is 10.6 Å². The van der Waals surface area contributed by atoms with E-state index >= 15 is 0 Å². The van der Waals surface area contributed by atoms with E-state index in [0.29, 0.717) is 0 Å². The Balaban J connectivity index is 3.32. The average molecular weight is 158 g/mol. The second-order valence-electron chi connectivity index (χ2n) is 3.56. The fraction of sp³-hybridized carbons (Fsp3) is 1.00. The average Bonchev–Trinajstić information content (AvgIpc) is 1.87. The van der Waals surface area contributed by atoms with Gasteiger partial charge in [-0.15, -0.1) is 0 Å². The lowest BCUT2D eigenvalue weighted by Gasteiger charge is -2.16. The molecule has 2 unspecified atom stereocenters. The van der Waals surface area contributed by atoms with E-state index in [4.69, 9.17) is 0 Å². The van der Waals surface area contributed by atoms with Crippen LogP contribution in [0, 0.1) is 11.8 Å². The molecule has 0 rings (SSSR count). The zero-order chi connectivity index (χ0) is 8.69. The highest BCUT2D eigenvalue weighted by Gasteiger charge is 2.06. The predicted molar refractivity (Wildman–Crippen MR) is 50.8 cm³/mol. The van der Waals surface area contributed by atoms with Crippen LogP contribution in [0.15, 0.2) is 0 Å². The SMILES string of the molecule is CNCC(C)CC(C)CNC. The minimum atomic E-state index is 0.795. The van der Waals surface area contributed by atoms with E-state index in [-0.39, 0.29) is 0 Å². The first kappa shape index (κ1) is 10.9. The summed E-state index contributed by atoms with van der Waals surface area (Å²) in [7, 11) is 4.03. The molecule has 2 N–H and O–H groups in total. The first-order valence-electron chi connectivity index (χ1n) is 4.49. The van der Waals surface area contributed by atoms with Gasteiger partial charge in [0.1, 0.15) is 0 Å². The lowest BCUT2D eigenvalue weighted by atomic mass is 9.97. The molecular weight excluding hydrogens is 136 g/mol. The standard InChI is InChI=1S/C9H22N2/c1-8(6-10-3)5-9(2)7-11-4/h8-11H,5-7H2,1-4H3. The fourth-order valence-electron chi connectivity index (χ4n) is 1.55. The molecule has 2 nitrogen and oxygen atoms in total. The van der Waals surface area contributed by atoms with Gasteiger partial charge in [0.15, 0.2) is 0 Å². The second-order valence-corrected chi connectivity index (χ2v) is 3.56. The van der Waals surface area contributed by atoms with Crippen LogP contribution in [-0.4, -0.2) is 27.2 Å². The van der Waals surface area contributed by atoms with Crippen molar-refractivity contribution in [3.05, 3.63) is 0 Å². The number of rotatable bonds is 6. The maximum atomic E-state index is 3.19. The molecule has 0 saturated heterocycles. The van der Waals surface area contributed by atoms with Gasteiger partial charge < -0.3 is 10.6 Å². The Labute approximate surface area is 70.8 Å². The third kappa shape index (κ3) is 6.32. The van der Waals surface area contributed by atoms with Gasteiger partial charge in [0.05, 0.1) is 0 Å². The highest BCUT2D eigenvalue weighted by molar-refractivity contribution is 4.62. The summed E-state index contributed by atoms with van der Waals surface area (Å²) in [5.41, 5.74) is 0. The van der Waals surface area contributed by atoms with Gasteiger partial charge >= 0.3 is 0 Å². The molecule has 0 bridgehead atoms. The van der Waals surface area contributed by atoms with Gasteiger partial charge in [0.2, 0.25) is 0 Å². The summed E-state index contributed by atoms with van der Waals surface area (Å²) in [6, 6.07) is 0. The first-order valence-corrected chi connectivity index (χ1v) is 4.49. The van der Waals surface area contributed by atoms with Crippen molar-refractivity contribution in [2.75, 3.05) is 27.2 Å². The van der Waals surface area contributed by atoms with Crippen molar-refractivity contribution in [1.82, 2.24) is 10.6 Å². The summed E-state index contributed by atoms with van der Waals surface area (Å²) >= 11 is 0. The maximum Gasteiger partial charge on any atom is -0.00261 e. The molecule has 0 amide bonds. The molecular formula is C9H22N2. The summed E-state index contributed by atoms with van der Waals surface area (Å²) < 4.78 is 0. The van der Waals surface area contributed by atoms with E-state index in [0.717, 1.165) is 24.9 Å². The van der Waals surface area contributed by atoms with E-state index in [9.17, 15) is 0 Å². The van der Waals surface area contributed by atoms with Gasteiger partial charge in [-0.25, -0.2) is 0 Å². The Bertz CT molecular complexity index is 73.6. The summed E-state index contributed by atoms with van der Waals surface area (Å²) in [5.74, 6) is 1.59. The molecule has 0 spiro atoms. The molecule has 2 atom stereocenters. The van der Waals surface area contributed by atoms with Crippen LogP contribution in [0.25, 0.3) is 0 Å². The molecule has 0 saturated carbocycles. The predicted octanol–water partition coefficient (Wildman–Crippen LogP) is 1.09. The number of hydrogen-bond donors (Lipinski definition) is 2. The molecule has 11 heavy (non-hydrogen) atoms. The van der Waals surface area contributed by atoms with E-state index in [1.807, 2.05) is 14.1 Å². The largest absolute Gasteiger partial charge is 0.319 e. The fourth-order valence-corrected chi connectivity index (χ4v) is 1.55. The van der Waals surface area contributed by atoms with Gasteiger partial charge in [0.25, 0.3) is 0 Å². The van der Waals surface area contributed by atoms with Gasteiger partial charge in [0, 0.05) is 0 Å². The van der Waals surface area contributed by atoms with Crippen LogP contribution in [0.5, 0.6) is 0 Å². The van der Waals surface area contributed by atoms with Crippen LogP contribution in [0.1, 0.15) is 20.3 Å². The maximum absolute atomic E-state index is 3.19. The van der Waals surface area contributed by atoms with Crippen LogP contribution in [0.4, 0.5) is 0 Å². The summed E-state index contributed by atoms with van der Waals surface area (Å²) in [6.07, 6.45) is 1.31. The number of hydrogen-bond acceptors (Lipinski definition) is 2. The molecule has 2 heteroatoms. The Hall–Kier alpha value is -0.0800. The van der Waals surface area contributed by atoms with Crippen molar-refractivity contribution in [3.8, 4) is 0 Å². The van der Waals surface area contributed by atoms with Crippen LogP contribution >= 0.6 is 0 Å². The van der Waals surface area contributed by atoms with Crippen molar-refractivity contribution in [1.29, 1.82) is 0 Å². The topological polar surface area (TPSA) is 24.1 Å². The number of nitrogens with one attached hydrogen (secondary N) is 2. The van der Waals surface area contributed by atoms with Crippen LogP contribution in [0.2, 0.25) is 0 Å². The van der Waals surface area contributed by atoms with Crippen LogP contribution in [0.3, 0.4) is 0 Å². The highest BCUT2D eigenvalue weighted by atomic mass is 14.8. The second kappa shape index (κ2) is 6.62. The molecule has 68 valence electrons. The van der Waals surface area contributed by atoms with E-state index in [2.05, 4.69) is 24.5 Å². The Morgan fingerprint density at radius 2 is 1.27 bits per heavy atom. The molecule has 0 aromatic heterocycles. The smallest absolute Gasteiger partial charge is 0.00261 e. The van der Waals surface area contributed by atoms with Crippen molar-refractivity contribution in [2.24, 2.45) is 11.8 Å². The molecule has 0 aromatic carbocycles. The summed E-state index contributed by atoms with van der Waals surface area (Å²) in [6.45, 7) is 6.85. The van der Waals surface area contributed by atoms with Crippen molar-refractivity contribution < 1.29 is 0 Å². The van der Waals surface area contributed by atoms with Gasteiger partial charge in [-0.3, -0.25) is 0 Å². The summed E-state index contributed by atoms with van der Waals surface area (Å²) in [5, 5.41) is 6.39. The Morgan fingerprint density at radius 3 is 1.55 bits per heavy atom. The van der Waals surface area contributed by atoms with Crippen LogP contribution in [-0.2, 0) is 0 Å². The molecule has 0 aliphatic rings. The molecule has 0 heterocycles. The first-order chi connectivity index (χ1) is 5.20. The molecule has 0 aromatic rings. The van der Waals surface area contributed by atoms with Crippen molar-refractivity contribution >= 4 is 0 Å². The third-order valence-corrected chi connectivity index (χ3v) is 1.91. The monoisotopic (exact) mass is 158 g/mol. The quantitative estimate of drug-likeness (QED) is 0.604. The molecule has 0 aliphatic carbocycles. The summed E-state index contributed by atoms with van der Waals surface area (Å²) in [4.78, 5) is 0. The minimum Gasteiger partial charge on any atom is -0.319 e. The molecule has 0 radical (unpaired) electrons. The Morgan fingerprint density at radius 1 is 0.909 bits per heavy atom. The lowest BCUT2D eigenvalue weighted by molar-refractivity contribution is 0.395. The Kier molecular flexibility index (Phi) is 6.57. The van der Waals surface area contributed by atoms with E-state index < -0.39 is 0 Å². The van der Waals surface area contributed by atoms with Crippen molar-refractivity contribution in [3.63, 3.8) is 0 Å². The zero-order valence-corrected chi connectivity index (χ0v) is 8.28. The van der Waals surface area contributed by atoms with E-state index in [1.54, 1.807) is 0 Å².